The Bertz CT molecular complexity index is 744. The fourth-order valence-electron chi connectivity index (χ4n) is 5.25. The Balaban J connectivity index is 2.11. The summed E-state index contributed by atoms with van der Waals surface area (Å²) >= 11 is 0. The Hall–Kier alpha value is -1.03. The van der Waals surface area contributed by atoms with Gasteiger partial charge in [-0.3, -0.25) is 0 Å². The molecule has 0 saturated carbocycles. The predicted molar refractivity (Wildman–Crippen MR) is 167 cm³/mol. The molecule has 0 aliphatic rings. The van der Waals surface area contributed by atoms with Gasteiger partial charge in [0.15, 0.2) is 0 Å². The molecule has 0 heterocycles. The molecule has 0 N–H and O–H groups in total. The van der Waals surface area contributed by atoms with Crippen molar-refractivity contribution in [1.82, 2.24) is 0 Å². The summed E-state index contributed by atoms with van der Waals surface area (Å²) in [4.78, 5) is 0. The SMILES string of the molecule is CCCCCCCCCCCCCCc1ccccc1OS(=O)(=O)CCCCCCCCCCCCCC. The lowest BCUT2D eigenvalue weighted by atomic mass is 10.0. The molecule has 1 aromatic carbocycles. The first kappa shape index (κ1) is 35.0. The summed E-state index contributed by atoms with van der Waals surface area (Å²) in [6, 6.07) is 7.70. The fraction of sp³-hybridized carbons (Fsp3) is 0.824. The second kappa shape index (κ2) is 25.0. The van der Waals surface area contributed by atoms with E-state index in [1.165, 1.54) is 128 Å². The molecule has 0 aliphatic heterocycles. The minimum absolute atomic E-state index is 0.122. The highest BCUT2D eigenvalue weighted by Crippen LogP contribution is 2.23. The third kappa shape index (κ3) is 20.9. The summed E-state index contributed by atoms with van der Waals surface area (Å²) in [7, 11) is -3.53. The number of unbranched alkanes of at least 4 members (excludes halogenated alkanes) is 22. The third-order valence-corrected chi connectivity index (χ3v) is 8.96. The fourth-order valence-corrected chi connectivity index (χ4v) is 6.32. The van der Waals surface area contributed by atoms with Crippen molar-refractivity contribution >= 4 is 10.1 Å². The molecular formula is C34H62O3S. The molecule has 1 aromatic rings. The Morgan fingerprint density at radius 1 is 0.500 bits per heavy atom. The maximum absolute atomic E-state index is 12.6. The smallest absolute Gasteiger partial charge is 0.309 e. The first-order chi connectivity index (χ1) is 18.6. The molecule has 0 aliphatic carbocycles. The third-order valence-electron chi connectivity index (χ3n) is 7.74. The number of para-hydroxylation sites is 1. The zero-order chi connectivity index (χ0) is 27.6. The van der Waals surface area contributed by atoms with E-state index < -0.39 is 10.1 Å². The molecule has 1 rings (SSSR count). The van der Waals surface area contributed by atoms with Gasteiger partial charge in [-0.25, -0.2) is 0 Å². The molecule has 0 atom stereocenters. The number of hydrogen-bond acceptors (Lipinski definition) is 3. The lowest BCUT2D eigenvalue weighted by Gasteiger charge is -2.11. The van der Waals surface area contributed by atoms with Gasteiger partial charge in [-0.1, -0.05) is 173 Å². The van der Waals surface area contributed by atoms with Crippen LogP contribution in [0.25, 0.3) is 0 Å². The van der Waals surface area contributed by atoms with Crippen LogP contribution < -0.4 is 4.18 Å². The van der Waals surface area contributed by atoms with E-state index in [-0.39, 0.29) is 5.75 Å². The van der Waals surface area contributed by atoms with E-state index in [9.17, 15) is 8.42 Å². The monoisotopic (exact) mass is 550 g/mol. The van der Waals surface area contributed by atoms with Crippen LogP contribution in [0.3, 0.4) is 0 Å². The lowest BCUT2D eigenvalue weighted by Crippen LogP contribution is -2.14. The first-order valence-electron chi connectivity index (χ1n) is 16.6. The highest BCUT2D eigenvalue weighted by atomic mass is 32.2. The quantitative estimate of drug-likeness (QED) is 0.0769. The summed E-state index contributed by atoms with van der Waals surface area (Å²) in [5.74, 6) is 0.659. The molecule has 0 fully saturated rings. The molecule has 0 radical (unpaired) electrons. The van der Waals surface area contributed by atoms with E-state index in [0.29, 0.717) is 12.2 Å². The number of aryl methyl sites for hydroxylation is 1. The van der Waals surface area contributed by atoms with E-state index in [4.69, 9.17) is 4.18 Å². The van der Waals surface area contributed by atoms with Crippen molar-refractivity contribution in [3.8, 4) is 5.75 Å². The molecule has 0 bridgehead atoms. The van der Waals surface area contributed by atoms with Gasteiger partial charge in [0.25, 0.3) is 0 Å². The molecule has 222 valence electrons. The van der Waals surface area contributed by atoms with E-state index >= 15 is 0 Å². The zero-order valence-corrected chi connectivity index (χ0v) is 26.1. The van der Waals surface area contributed by atoms with Crippen LogP contribution in [0.2, 0.25) is 0 Å². The van der Waals surface area contributed by atoms with E-state index in [2.05, 4.69) is 13.8 Å². The molecular weight excluding hydrogens is 488 g/mol. The van der Waals surface area contributed by atoms with Crippen molar-refractivity contribution in [2.75, 3.05) is 5.75 Å². The van der Waals surface area contributed by atoms with Crippen LogP contribution in [0.4, 0.5) is 0 Å². The molecule has 0 aromatic heterocycles. The van der Waals surface area contributed by atoms with Crippen LogP contribution in [-0.2, 0) is 16.5 Å². The molecule has 0 saturated heterocycles. The Kier molecular flexibility index (Phi) is 23.0. The number of benzene rings is 1. The van der Waals surface area contributed by atoms with Gasteiger partial charge in [0.05, 0.1) is 5.75 Å². The molecule has 38 heavy (non-hydrogen) atoms. The highest BCUT2D eigenvalue weighted by molar-refractivity contribution is 7.87. The summed E-state index contributed by atoms with van der Waals surface area (Å²) in [5.41, 5.74) is 1.03. The zero-order valence-electron chi connectivity index (χ0n) is 25.3. The van der Waals surface area contributed by atoms with Crippen molar-refractivity contribution in [3.05, 3.63) is 29.8 Å². The van der Waals surface area contributed by atoms with Crippen LogP contribution in [0, 0.1) is 0 Å². The Morgan fingerprint density at radius 3 is 1.32 bits per heavy atom. The summed E-state index contributed by atoms with van der Waals surface area (Å²) in [6.07, 6.45) is 31.6. The van der Waals surface area contributed by atoms with Crippen molar-refractivity contribution in [2.24, 2.45) is 0 Å². The first-order valence-corrected chi connectivity index (χ1v) is 18.2. The van der Waals surface area contributed by atoms with Gasteiger partial charge in [0.1, 0.15) is 5.75 Å². The summed E-state index contributed by atoms with van der Waals surface area (Å²) in [5, 5.41) is 0. The van der Waals surface area contributed by atoms with Gasteiger partial charge in [0, 0.05) is 0 Å². The van der Waals surface area contributed by atoms with Gasteiger partial charge < -0.3 is 4.18 Å². The summed E-state index contributed by atoms with van der Waals surface area (Å²) < 4.78 is 30.7. The van der Waals surface area contributed by atoms with E-state index in [1.54, 1.807) is 0 Å². The predicted octanol–water partition coefficient (Wildman–Crippen LogP) is 11.3. The van der Waals surface area contributed by atoms with Crippen molar-refractivity contribution in [3.63, 3.8) is 0 Å². The van der Waals surface area contributed by atoms with Crippen LogP contribution in [0.5, 0.6) is 5.75 Å². The van der Waals surface area contributed by atoms with Gasteiger partial charge >= 0.3 is 10.1 Å². The lowest BCUT2D eigenvalue weighted by molar-refractivity contribution is 0.477. The van der Waals surface area contributed by atoms with Gasteiger partial charge in [0.2, 0.25) is 0 Å². The van der Waals surface area contributed by atoms with Gasteiger partial charge in [-0.05, 0) is 30.9 Å². The maximum atomic E-state index is 12.6. The van der Waals surface area contributed by atoms with Crippen LogP contribution >= 0.6 is 0 Å². The van der Waals surface area contributed by atoms with Crippen LogP contribution in [0.1, 0.15) is 174 Å². The minimum atomic E-state index is -3.53. The second-order valence-corrected chi connectivity index (χ2v) is 13.2. The topological polar surface area (TPSA) is 43.4 Å². The summed E-state index contributed by atoms with van der Waals surface area (Å²) in [6.45, 7) is 4.53. The van der Waals surface area contributed by atoms with Gasteiger partial charge in [-0.15, -0.1) is 0 Å². The van der Waals surface area contributed by atoms with Gasteiger partial charge in [-0.2, -0.15) is 8.42 Å². The van der Waals surface area contributed by atoms with Crippen molar-refractivity contribution < 1.29 is 12.6 Å². The molecule has 3 nitrogen and oxygen atoms in total. The van der Waals surface area contributed by atoms with Crippen molar-refractivity contribution in [2.45, 2.75) is 174 Å². The minimum Gasteiger partial charge on any atom is -0.382 e. The Morgan fingerprint density at radius 2 is 0.868 bits per heavy atom. The molecule has 0 unspecified atom stereocenters. The molecule has 0 amide bonds. The van der Waals surface area contributed by atoms with E-state index in [0.717, 1.165) is 31.2 Å². The Labute approximate surface area is 238 Å². The normalized spacial score (nSPS) is 11.7. The maximum Gasteiger partial charge on any atom is 0.309 e. The average Bonchev–Trinajstić information content (AvgIpc) is 2.90. The average molecular weight is 551 g/mol. The van der Waals surface area contributed by atoms with Crippen LogP contribution in [-0.4, -0.2) is 14.2 Å². The highest BCUT2D eigenvalue weighted by Gasteiger charge is 2.15. The van der Waals surface area contributed by atoms with Crippen LogP contribution in [0.15, 0.2) is 24.3 Å². The largest absolute Gasteiger partial charge is 0.382 e. The number of rotatable bonds is 28. The molecule has 0 spiro atoms. The second-order valence-electron chi connectivity index (χ2n) is 11.5. The van der Waals surface area contributed by atoms with Crippen molar-refractivity contribution in [1.29, 1.82) is 0 Å². The number of hydrogen-bond donors (Lipinski definition) is 0. The standard InChI is InChI=1S/C34H62O3S/c1-3-5-7-9-11-13-15-17-19-21-23-25-29-33-30-26-27-31-34(33)37-38(35,36)32-28-24-22-20-18-16-14-12-10-8-6-4-2/h26-27,30-31H,3-25,28-29,32H2,1-2H3. The molecule has 4 heteroatoms. The van der Waals surface area contributed by atoms with E-state index in [1.807, 2.05) is 24.3 Å².